The van der Waals surface area contributed by atoms with Crippen LogP contribution in [0.25, 0.3) is 0 Å². The zero-order valence-corrected chi connectivity index (χ0v) is 12.0. The molecule has 0 aliphatic carbocycles. The first-order valence-electron chi connectivity index (χ1n) is 5.83. The fourth-order valence-corrected chi connectivity index (χ4v) is 3.03. The van der Waals surface area contributed by atoms with E-state index in [2.05, 4.69) is 9.97 Å². The number of nitrogens with one attached hydrogen (secondary N) is 1. The maximum absolute atomic E-state index is 11.4. The largest absolute Gasteiger partial charge is 0.330 e. The molecule has 0 radical (unpaired) electrons. The predicted molar refractivity (Wildman–Crippen MR) is 77.9 cm³/mol. The highest BCUT2D eigenvalue weighted by molar-refractivity contribution is 7.99. The van der Waals surface area contributed by atoms with Crippen LogP contribution in [0.5, 0.6) is 0 Å². The van der Waals surface area contributed by atoms with Gasteiger partial charge in [-0.2, -0.15) is 0 Å². The van der Waals surface area contributed by atoms with Crippen molar-refractivity contribution in [2.24, 2.45) is 5.73 Å². The van der Waals surface area contributed by atoms with E-state index in [0.717, 1.165) is 16.9 Å². The Balaban J connectivity index is 2.39. The second-order valence-electron chi connectivity index (χ2n) is 4.06. The number of H-pyrrole nitrogens is 1. The van der Waals surface area contributed by atoms with E-state index < -0.39 is 0 Å². The molecule has 1 heterocycles. The lowest BCUT2D eigenvalue weighted by Crippen LogP contribution is -2.08. The Labute approximate surface area is 120 Å². The number of aromatic nitrogens is 2. The monoisotopic (exact) mass is 295 g/mol. The molecule has 0 amide bonds. The van der Waals surface area contributed by atoms with E-state index in [9.17, 15) is 4.79 Å². The molecule has 0 aliphatic rings. The van der Waals surface area contributed by atoms with Crippen LogP contribution < -0.4 is 11.3 Å². The van der Waals surface area contributed by atoms with E-state index in [1.165, 1.54) is 17.8 Å². The van der Waals surface area contributed by atoms with E-state index in [-0.39, 0.29) is 5.56 Å². The summed E-state index contributed by atoms with van der Waals surface area (Å²) in [6, 6.07) is 7.15. The first kappa shape index (κ1) is 14.1. The summed E-state index contributed by atoms with van der Waals surface area (Å²) in [5.74, 6) is 0. The smallest absolute Gasteiger partial charge is 0.251 e. The normalized spacial score (nSPS) is 10.7. The molecule has 0 unspecified atom stereocenters. The number of aromatic amines is 1. The van der Waals surface area contributed by atoms with Crippen LogP contribution >= 0.6 is 23.4 Å². The van der Waals surface area contributed by atoms with Crippen LogP contribution in [0.1, 0.15) is 11.3 Å². The minimum absolute atomic E-state index is 0.164. The molecule has 0 atom stereocenters. The first-order valence-corrected chi connectivity index (χ1v) is 7.03. The Hall–Kier alpha value is -1.30. The Morgan fingerprint density at radius 2 is 2.26 bits per heavy atom. The van der Waals surface area contributed by atoms with Crippen molar-refractivity contribution < 1.29 is 0 Å². The van der Waals surface area contributed by atoms with Crippen LogP contribution in [-0.2, 0) is 6.42 Å². The summed E-state index contributed by atoms with van der Waals surface area (Å²) in [6.07, 6.45) is 0.735. The maximum atomic E-state index is 11.4. The van der Waals surface area contributed by atoms with Crippen LogP contribution in [0, 0.1) is 6.92 Å². The number of rotatable bonds is 4. The Morgan fingerprint density at radius 1 is 1.47 bits per heavy atom. The van der Waals surface area contributed by atoms with Gasteiger partial charge in [0.15, 0.2) is 5.16 Å². The maximum Gasteiger partial charge on any atom is 0.251 e. The van der Waals surface area contributed by atoms with Crippen molar-refractivity contribution in [1.82, 2.24) is 9.97 Å². The number of nitrogens with two attached hydrogens (primary N) is 1. The lowest BCUT2D eigenvalue weighted by molar-refractivity contribution is 0.900. The molecule has 2 aromatic rings. The van der Waals surface area contributed by atoms with Gasteiger partial charge in [-0.25, -0.2) is 4.98 Å². The molecule has 1 aromatic heterocycles. The highest BCUT2D eigenvalue weighted by atomic mass is 35.5. The summed E-state index contributed by atoms with van der Waals surface area (Å²) in [5.41, 5.74) is 7.17. The SMILES string of the molecule is Cc1cc(=O)[nH]c(Sc2c(Cl)cccc2CCN)n1. The molecule has 1 aromatic carbocycles. The van der Waals surface area contributed by atoms with Gasteiger partial charge < -0.3 is 10.7 Å². The third kappa shape index (κ3) is 3.59. The molecule has 19 heavy (non-hydrogen) atoms. The van der Waals surface area contributed by atoms with E-state index in [1.54, 1.807) is 6.92 Å². The number of hydrogen-bond acceptors (Lipinski definition) is 4. The minimum Gasteiger partial charge on any atom is -0.330 e. The highest BCUT2D eigenvalue weighted by Crippen LogP contribution is 2.34. The van der Waals surface area contributed by atoms with Gasteiger partial charge in [0.2, 0.25) is 0 Å². The van der Waals surface area contributed by atoms with Crippen LogP contribution in [0.3, 0.4) is 0 Å². The third-order valence-corrected chi connectivity index (χ3v) is 4.01. The van der Waals surface area contributed by atoms with Crippen LogP contribution in [0.2, 0.25) is 5.02 Å². The predicted octanol–water partition coefficient (Wildman–Crippen LogP) is 2.38. The van der Waals surface area contributed by atoms with Gasteiger partial charge in [0.25, 0.3) is 5.56 Å². The molecule has 2 rings (SSSR count). The Morgan fingerprint density at radius 3 is 2.95 bits per heavy atom. The molecule has 100 valence electrons. The quantitative estimate of drug-likeness (QED) is 0.850. The molecule has 4 nitrogen and oxygen atoms in total. The molecule has 3 N–H and O–H groups in total. The van der Waals surface area contributed by atoms with Crippen molar-refractivity contribution in [3.63, 3.8) is 0 Å². The fourth-order valence-electron chi connectivity index (χ4n) is 1.72. The summed E-state index contributed by atoms with van der Waals surface area (Å²) >= 11 is 7.57. The second kappa shape index (κ2) is 6.23. The van der Waals surface area contributed by atoms with Gasteiger partial charge >= 0.3 is 0 Å². The van der Waals surface area contributed by atoms with Crippen molar-refractivity contribution >= 4 is 23.4 Å². The number of halogens is 1. The van der Waals surface area contributed by atoms with Crippen molar-refractivity contribution in [2.75, 3.05) is 6.54 Å². The van der Waals surface area contributed by atoms with Crippen molar-refractivity contribution in [1.29, 1.82) is 0 Å². The second-order valence-corrected chi connectivity index (χ2v) is 5.47. The fraction of sp³-hybridized carbons (Fsp3) is 0.231. The number of hydrogen-bond donors (Lipinski definition) is 2. The van der Waals surface area contributed by atoms with Crippen LogP contribution in [-0.4, -0.2) is 16.5 Å². The Bertz CT molecular complexity index is 642. The van der Waals surface area contributed by atoms with Gasteiger partial charge in [-0.15, -0.1) is 0 Å². The number of benzene rings is 1. The lowest BCUT2D eigenvalue weighted by atomic mass is 10.1. The summed E-state index contributed by atoms with van der Waals surface area (Å²) in [5, 5.41) is 1.18. The van der Waals surface area contributed by atoms with Crippen molar-refractivity contribution in [3.05, 3.63) is 50.9 Å². The van der Waals surface area contributed by atoms with E-state index >= 15 is 0 Å². The van der Waals surface area contributed by atoms with E-state index in [0.29, 0.717) is 22.4 Å². The molecule has 0 bridgehead atoms. The van der Waals surface area contributed by atoms with Gasteiger partial charge in [0, 0.05) is 16.7 Å². The van der Waals surface area contributed by atoms with Gasteiger partial charge in [0.1, 0.15) is 0 Å². The van der Waals surface area contributed by atoms with Crippen molar-refractivity contribution in [2.45, 2.75) is 23.4 Å². The molecule has 0 saturated heterocycles. The van der Waals surface area contributed by atoms with Gasteiger partial charge in [-0.3, -0.25) is 4.79 Å². The number of aryl methyl sites for hydroxylation is 1. The van der Waals surface area contributed by atoms with Gasteiger partial charge in [0.05, 0.1) is 5.02 Å². The van der Waals surface area contributed by atoms with Crippen molar-refractivity contribution in [3.8, 4) is 0 Å². The highest BCUT2D eigenvalue weighted by Gasteiger charge is 2.10. The molecule has 6 heteroatoms. The average molecular weight is 296 g/mol. The van der Waals surface area contributed by atoms with Gasteiger partial charge in [-0.05, 0) is 43.3 Å². The van der Waals surface area contributed by atoms with Gasteiger partial charge in [-0.1, -0.05) is 23.7 Å². The number of nitrogens with zero attached hydrogens (tertiary/aromatic N) is 1. The zero-order chi connectivity index (χ0) is 13.8. The Kier molecular flexibility index (Phi) is 4.63. The summed E-state index contributed by atoms with van der Waals surface area (Å²) in [7, 11) is 0. The topological polar surface area (TPSA) is 71.8 Å². The first-order chi connectivity index (χ1) is 9.10. The standard InChI is InChI=1S/C13H14ClN3OS/c1-8-7-11(18)17-13(16-8)19-12-9(5-6-15)3-2-4-10(12)14/h2-4,7H,5-6,15H2,1H3,(H,16,17,18). The summed E-state index contributed by atoms with van der Waals surface area (Å²) in [4.78, 5) is 19.3. The van der Waals surface area contributed by atoms with Crippen LogP contribution in [0.15, 0.2) is 39.1 Å². The molecule has 0 fully saturated rings. The molecular weight excluding hydrogens is 282 g/mol. The van der Waals surface area contributed by atoms with Crippen LogP contribution in [0.4, 0.5) is 0 Å². The average Bonchev–Trinajstić information content (AvgIpc) is 2.32. The summed E-state index contributed by atoms with van der Waals surface area (Å²) in [6.45, 7) is 2.33. The molecule has 0 aliphatic heterocycles. The minimum atomic E-state index is -0.164. The molecular formula is C13H14ClN3OS. The van der Waals surface area contributed by atoms with E-state index in [1.807, 2.05) is 18.2 Å². The molecule has 0 saturated carbocycles. The zero-order valence-electron chi connectivity index (χ0n) is 10.4. The summed E-state index contributed by atoms with van der Waals surface area (Å²) < 4.78 is 0. The molecule has 0 spiro atoms. The third-order valence-electron chi connectivity index (χ3n) is 2.51. The van der Waals surface area contributed by atoms with E-state index in [4.69, 9.17) is 17.3 Å². The lowest BCUT2D eigenvalue weighted by Gasteiger charge is -2.09.